The molecule has 0 aromatic heterocycles. The second-order valence-electron chi connectivity index (χ2n) is 5.34. The summed E-state index contributed by atoms with van der Waals surface area (Å²) < 4.78 is 14.3. The van der Waals surface area contributed by atoms with E-state index in [0.717, 1.165) is 0 Å². The van der Waals surface area contributed by atoms with Crippen LogP contribution in [0.2, 0.25) is 0 Å². The zero-order valence-corrected chi connectivity index (χ0v) is 13.4. The first kappa shape index (κ1) is 22.6. The lowest BCUT2D eigenvalue weighted by Crippen LogP contribution is -2.60. The number of rotatable bonds is 9. The summed E-state index contributed by atoms with van der Waals surface area (Å²) in [5.41, 5.74) is 0. The summed E-state index contributed by atoms with van der Waals surface area (Å²) in [6, 6.07) is 0. The molecule has 1 aliphatic heterocycles. The van der Waals surface area contributed by atoms with Gasteiger partial charge in [-0.05, 0) is 0 Å². The van der Waals surface area contributed by atoms with Gasteiger partial charge in [-0.3, -0.25) is 20.0 Å². The number of ether oxygens (including phenoxy) is 3. The van der Waals surface area contributed by atoms with E-state index in [2.05, 4.69) is 4.74 Å². The number of aliphatic hydroxyl groups excluding tert-OH is 3. The molecule has 5 atom stereocenters. The molecule has 1 saturated heterocycles. The number of hydrogen-bond acceptors (Lipinski definition) is 14. The highest BCUT2D eigenvalue weighted by atomic mass is 16.8. The van der Waals surface area contributed by atoms with Crippen molar-refractivity contribution in [3.8, 4) is 0 Å². The van der Waals surface area contributed by atoms with Crippen molar-refractivity contribution in [2.24, 2.45) is 0 Å². The highest BCUT2D eigenvalue weighted by Crippen LogP contribution is 2.23. The zero-order valence-electron chi connectivity index (χ0n) is 13.4. The minimum absolute atomic E-state index is 0.449. The first-order valence-electron chi connectivity index (χ1n) is 7.43. The molecular weight excluding hydrogens is 364 g/mol. The molecule has 1 fully saturated rings. The van der Waals surface area contributed by atoms with Crippen LogP contribution in [-0.4, -0.2) is 98.5 Å². The summed E-state index contributed by atoms with van der Waals surface area (Å²) in [7, 11) is 0. The lowest BCUT2D eigenvalue weighted by atomic mass is 9.99. The lowest BCUT2D eigenvalue weighted by Gasteiger charge is -2.39. The van der Waals surface area contributed by atoms with Gasteiger partial charge in [-0.1, -0.05) is 0 Å². The molecule has 152 valence electrons. The summed E-state index contributed by atoms with van der Waals surface area (Å²) in [6.07, 6.45) is -9.39. The maximum atomic E-state index is 11.5. The van der Waals surface area contributed by atoms with Crippen LogP contribution in [0.25, 0.3) is 0 Å². The summed E-state index contributed by atoms with van der Waals surface area (Å²) in [5.74, 6) is -1.95. The van der Waals surface area contributed by atoms with Crippen LogP contribution in [0.5, 0.6) is 0 Å². The summed E-state index contributed by atoms with van der Waals surface area (Å²) >= 11 is 0. The summed E-state index contributed by atoms with van der Waals surface area (Å²) in [4.78, 5) is 22.8. The molecule has 1 rings (SSSR count). The van der Waals surface area contributed by atoms with Gasteiger partial charge in [0.2, 0.25) is 0 Å². The van der Waals surface area contributed by atoms with Crippen LogP contribution in [0.15, 0.2) is 0 Å². The van der Waals surface area contributed by atoms with Gasteiger partial charge in [0.1, 0.15) is 24.9 Å². The first-order valence-corrected chi connectivity index (χ1v) is 7.43. The zero-order chi connectivity index (χ0) is 19.9. The largest absolute Gasteiger partial charge is 0.762 e. The molecule has 0 aliphatic carbocycles. The molecule has 26 heavy (non-hydrogen) atoms. The Morgan fingerprint density at radius 3 is 2.04 bits per heavy atom. The maximum Gasteiger partial charge on any atom is 0.307 e. The van der Waals surface area contributed by atoms with E-state index in [4.69, 9.17) is 19.9 Å². The molecule has 0 radical (unpaired) electrons. The topological polar surface area (TPSA) is 216 Å². The third-order valence-corrected chi connectivity index (χ3v) is 3.35. The smallest absolute Gasteiger partial charge is 0.307 e. The quantitative estimate of drug-likeness (QED) is 0.198. The van der Waals surface area contributed by atoms with Crippen LogP contribution in [0.1, 0.15) is 12.8 Å². The van der Waals surface area contributed by atoms with Crippen LogP contribution in [0.3, 0.4) is 0 Å². The van der Waals surface area contributed by atoms with Gasteiger partial charge in [0.05, 0.1) is 12.8 Å². The summed E-state index contributed by atoms with van der Waals surface area (Å²) in [6.45, 7) is -1.73. The van der Waals surface area contributed by atoms with Crippen molar-refractivity contribution in [3.63, 3.8) is 0 Å². The van der Waals surface area contributed by atoms with E-state index in [0.29, 0.717) is 0 Å². The van der Waals surface area contributed by atoms with Gasteiger partial charge in [-0.25, -0.2) is 0 Å². The van der Waals surface area contributed by atoms with E-state index >= 15 is 0 Å². The fourth-order valence-corrected chi connectivity index (χ4v) is 2.02. The van der Waals surface area contributed by atoms with Crippen molar-refractivity contribution in [2.75, 3.05) is 19.7 Å². The molecule has 0 aromatic rings. The lowest BCUT2D eigenvalue weighted by molar-refractivity contribution is -0.291. The van der Waals surface area contributed by atoms with Gasteiger partial charge in [-0.15, -0.1) is 0 Å². The number of hydrogen-bond donors (Lipinski definition) is 5. The van der Waals surface area contributed by atoms with Gasteiger partial charge >= 0.3 is 11.9 Å². The van der Waals surface area contributed by atoms with Gasteiger partial charge in [0.25, 0.3) is 0 Å². The van der Waals surface area contributed by atoms with Crippen LogP contribution in [-0.2, 0) is 23.8 Å². The Bertz CT molecular complexity index is 459. The highest BCUT2D eigenvalue weighted by molar-refractivity contribution is 5.70. The molecule has 14 heteroatoms. The highest BCUT2D eigenvalue weighted by Gasteiger charge is 2.46. The standard InChI is InChI=1S/C12H20N2O12/c15-7(1-3-13(20)21)24-5-6-9(17)10(18)11(12(19)25-6)26-8(16)2-4-14(22)23/h6,9-12,17-20,22H,1-5H2/q-2/t6-,9-,10-,11-,12+/m1/s1. The number of nitrogens with zero attached hydrogens (tertiary/aromatic N) is 2. The first-order chi connectivity index (χ1) is 12.1. The van der Waals surface area contributed by atoms with Crippen molar-refractivity contribution in [1.82, 2.24) is 10.5 Å². The van der Waals surface area contributed by atoms with Crippen molar-refractivity contribution < 1.29 is 49.5 Å². The Kier molecular flexibility index (Phi) is 9.23. The molecule has 0 aromatic carbocycles. The van der Waals surface area contributed by atoms with Crippen LogP contribution >= 0.6 is 0 Å². The Morgan fingerprint density at radius 2 is 1.50 bits per heavy atom. The van der Waals surface area contributed by atoms with Gasteiger partial charge < -0.3 is 50.4 Å². The molecule has 0 unspecified atom stereocenters. The van der Waals surface area contributed by atoms with E-state index in [1.807, 2.05) is 0 Å². The second kappa shape index (κ2) is 10.6. The molecule has 0 bridgehead atoms. The number of esters is 2. The normalized spacial score (nSPS) is 29.0. The monoisotopic (exact) mass is 384 g/mol. The third-order valence-electron chi connectivity index (χ3n) is 3.35. The predicted octanol–water partition coefficient (Wildman–Crippen LogP) is -2.96. The van der Waals surface area contributed by atoms with Crippen molar-refractivity contribution in [1.29, 1.82) is 0 Å². The molecule has 0 saturated carbocycles. The Labute approximate surface area is 146 Å². The average Bonchev–Trinajstić information content (AvgIpc) is 2.56. The van der Waals surface area contributed by atoms with Crippen LogP contribution < -0.4 is 0 Å². The fraction of sp³-hybridized carbons (Fsp3) is 0.833. The Morgan fingerprint density at radius 1 is 0.962 bits per heavy atom. The van der Waals surface area contributed by atoms with E-state index in [1.165, 1.54) is 0 Å². The van der Waals surface area contributed by atoms with Crippen molar-refractivity contribution in [3.05, 3.63) is 10.4 Å². The maximum absolute atomic E-state index is 11.5. The van der Waals surface area contributed by atoms with E-state index in [1.54, 1.807) is 0 Å². The number of aliphatic hydroxyl groups is 3. The minimum atomic E-state index is -1.87. The second-order valence-corrected chi connectivity index (χ2v) is 5.34. The number of carbonyl (C=O) groups is 2. The average molecular weight is 384 g/mol. The third kappa shape index (κ3) is 7.42. The van der Waals surface area contributed by atoms with Gasteiger partial charge in [-0.2, -0.15) is 0 Å². The molecule has 5 N–H and O–H groups in total. The van der Waals surface area contributed by atoms with E-state index < -0.39 is 85.6 Å². The molecule has 0 amide bonds. The summed E-state index contributed by atoms with van der Waals surface area (Å²) in [5, 5.41) is 66.0. The Hall–Kier alpha value is -1.46. The van der Waals surface area contributed by atoms with Crippen molar-refractivity contribution >= 4 is 11.9 Å². The molecule has 0 spiro atoms. The van der Waals surface area contributed by atoms with E-state index in [9.17, 15) is 35.3 Å². The van der Waals surface area contributed by atoms with Gasteiger partial charge in [0.15, 0.2) is 12.4 Å². The molecule has 14 nitrogen and oxygen atoms in total. The molecule has 1 heterocycles. The van der Waals surface area contributed by atoms with Crippen LogP contribution in [0, 0.1) is 10.4 Å². The molecule has 1 aliphatic rings. The minimum Gasteiger partial charge on any atom is -0.762 e. The van der Waals surface area contributed by atoms with E-state index in [-0.39, 0.29) is 0 Å². The Balaban J connectivity index is 2.49. The molecular formula is C12H20N2O12-2. The predicted molar refractivity (Wildman–Crippen MR) is 76.7 cm³/mol. The fourth-order valence-electron chi connectivity index (χ4n) is 2.02. The number of carbonyl (C=O) groups excluding carboxylic acids is 2. The van der Waals surface area contributed by atoms with Gasteiger partial charge in [0, 0.05) is 13.1 Å². The SMILES string of the molecule is O=C(CCN([O-])O)OC[C@H]1O[C@H](O)[C@H](OC(=O)CCN([O-])O)[C@H](O)[C@@H]1O. The van der Waals surface area contributed by atoms with Crippen LogP contribution in [0.4, 0.5) is 0 Å². The number of hydroxylamine groups is 4. The van der Waals surface area contributed by atoms with Crippen molar-refractivity contribution in [2.45, 2.75) is 43.5 Å².